The zero-order valence-corrected chi connectivity index (χ0v) is 14.7. The molecule has 2 rings (SSSR count). The first-order valence-electron chi connectivity index (χ1n) is 6.53. The Balaban J connectivity index is 2.29. The van der Waals surface area contributed by atoms with Gasteiger partial charge in [0.25, 0.3) is 10.0 Å². The lowest BCUT2D eigenvalue weighted by Crippen LogP contribution is -2.14. The van der Waals surface area contributed by atoms with E-state index in [-0.39, 0.29) is 15.6 Å². The number of halogens is 7. The van der Waals surface area contributed by atoms with Crippen LogP contribution in [-0.2, 0) is 16.2 Å². The number of anilines is 1. The van der Waals surface area contributed by atoms with Gasteiger partial charge in [0.15, 0.2) is 0 Å². The van der Waals surface area contributed by atoms with Crippen molar-refractivity contribution < 1.29 is 34.8 Å². The fourth-order valence-corrected chi connectivity index (χ4v) is 3.76. The summed E-state index contributed by atoms with van der Waals surface area (Å²) in [7, 11) is -4.40. The van der Waals surface area contributed by atoms with Crippen molar-refractivity contribution >= 4 is 39.1 Å². The number of alkyl halides is 6. The third-order valence-electron chi connectivity index (χ3n) is 2.88. The van der Waals surface area contributed by atoms with Crippen LogP contribution in [0.15, 0.2) is 52.3 Å². The number of sulfonamides is 1. The van der Waals surface area contributed by atoms with Gasteiger partial charge < -0.3 is 0 Å². The highest BCUT2D eigenvalue weighted by Crippen LogP contribution is 2.41. The van der Waals surface area contributed by atoms with E-state index in [4.69, 9.17) is 11.6 Å². The van der Waals surface area contributed by atoms with Crippen molar-refractivity contribution in [2.75, 3.05) is 4.72 Å². The van der Waals surface area contributed by atoms with Crippen LogP contribution in [0, 0.1) is 0 Å². The Labute approximate surface area is 153 Å². The van der Waals surface area contributed by atoms with Gasteiger partial charge in [-0.15, -0.1) is 0 Å². The van der Waals surface area contributed by atoms with Crippen LogP contribution in [0.1, 0.15) is 5.56 Å². The van der Waals surface area contributed by atoms with E-state index in [0.29, 0.717) is 12.1 Å². The second-order valence-corrected chi connectivity index (χ2v) is 8.02. The summed E-state index contributed by atoms with van der Waals surface area (Å²) in [5, 5.41) is -0.364. The van der Waals surface area contributed by atoms with E-state index in [1.165, 1.54) is 0 Å². The van der Waals surface area contributed by atoms with Gasteiger partial charge in [0, 0.05) is 4.90 Å². The molecule has 26 heavy (non-hydrogen) atoms. The number of hydrogen-bond acceptors (Lipinski definition) is 3. The molecule has 0 saturated carbocycles. The Bertz CT molecular complexity index is 912. The van der Waals surface area contributed by atoms with E-state index >= 15 is 0 Å². The molecule has 0 atom stereocenters. The summed E-state index contributed by atoms with van der Waals surface area (Å²) in [6.45, 7) is 0. The predicted octanol–water partition coefficient (Wildman–Crippen LogP) is 5.77. The lowest BCUT2D eigenvalue weighted by Gasteiger charge is -2.12. The second-order valence-electron chi connectivity index (χ2n) is 4.82. The third kappa shape index (κ3) is 5.45. The number of thioether (sulfide) groups is 1. The molecule has 0 amide bonds. The molecule has 0 fully saturated rings. The van der Waals surface area contributed by atoms with Gasteiger partial charge >= 0.3 is 11.7 Å². The van der Waals surface area contributed by atoms with E-state index in [1.807, 2.05) is 4.72 Å². The monoisotopic (exact) mass is 435 g/mol. The van der Waals surface area contributed by atoms with Crippen LogP contribution in [0.25, 0.3) is 0 Å². The van der Waals surface area contributed by atoms with Crippen LogP contribution in [0.2, 0.25) is 5.02 Å². The van der Waals surface area contributed by atoms with Gasteiger partial charge in [-0.3, -0.25) is 4.72 Å². The molecular formula is C14H8ClF6NO2S2. The van der Waals surface area contributed by atoms with Gasteiger partial charge in [-0.05, 0) is 48.2 Å². The summed E-state index contributed by atoms with van der Waals surface area (Å²) in [5.41, 5.74) is -5.93. The van der Waals surface area contributed by atoms with E-state index in [2.05, 4.69) is 0 Å². The Morgan fingerprint density at radius 3 is 2.15 bits per heavy atom. The minimum absolute atomic E-state index is 0.195. The first-order valence-corrected chi connectivity index (χ1v) is 9.21. The summed E-state index contributed by atoms with van der Waals surface area (Å²) in [4.78, 5) is -1.00. The van der Waals surface area contributed by atoms with Crippen LogP contribution in [-0.4, -0.2) is 13.9 Å². The predicted molar refractivity (Wildman–Crippen MR) is 85.6 cm³/mol. The van der Waals surface area contributed by atoms with Crippen molar-refractivity contribution in [2.24, 2.45) is 0 Å². The topological polar surface area (TPSA) is 46.2 Å². The van der Waals surface area contributed by atoms with Gasteiger partial charge in [-0.25, -0.2) is 8.42 Å². The first-order chi connectivity index (χ1) is 11.8. The van der Waals surface area contributed by atoms with Crippen molar-refractivity contribution in [3.63, 3.8) is 0 Å². The van der Waals surface area contributed by atoms with Gasteiger partial charge in [0.05, 0.1) is 21.2 Å². The molecule has 0 saturated heterocycles. The lowest BCUT2D eigenvalue weighted by molar-refractivity contribution is -0.137. The molecule has 3 nitrogen and oxygen atoms in total. The minimum Gasteiger partial charge on any atom is -0.280 e. The second kappa shape index (κ2) is 7.20. The molecule has 0 heterocycles. The SMILES string of the molecule is O=S(=O)(Nc1ccc(SC(F)(F)F)c(Cl)c1)c1cccc(C(F)(F)F)c1. The van der Waals surface area contributed by atoms with Crippen molar-refractivity contribution in [1.82, 2.24) is 0 Å². The van der Waals surface area contributed by atoms with Gasteiger partial charge in [0.1, 0.15) is 0 Å². The molecule has 0 bridgehead atoms. The average Bonchev–Trinajstić information content (AvgIpc) is 2.48. The third-order valence-corrected chi connectivity index (χ3v) is 5.49. The number of rotatable bonds is 4. The molecule has 0 aliphatic rings. The summed E-state index contributed by atoms with van der Waals surface area (Å²) in [6, 6.07) is 5.92. The fraction of sp³-hybridized carbons (Fsp3) is 0.143. The van der Waals surface area contributed by atoms with Crippen molar-refractivity contribution in [3.8, 4) is 0 Å². The van der Waals surface area contributed by atoms with Crippen LogP contribution in [0.5, 0.6) is 0 Å². The van der Waals surface area contributed by atoms with Crippen molar-refractivity contribution in [1.29, 1.82) is 0 Å². The maximum Gasteiger partial charge on any atom is 0.446 e. The molecule has 0 radical (unpaired) electrons. The largest absolute Gasteiger partial charge is 0.446 e. The Morgan fingerprint density at radius 1 is 0.962 bits per heavy atom. The van der Waals surface area contributed by atoms with Crippen LogP contribution >= 0.6 is 23.4 Å². The standard InChI is InChI=1S/C14H8ClF6NO2S2/c15-11-7-9(4-5-12(11)25-14(19,20)21)22-26(23,24)10-3-1-2-8(6-10)13(16,17)18/h1-7,22H. The molecule has 0 spiro atoms. The maximum absolute atomic E-state index is 12.7. The van der Waals surface area contributed by atoms with E-state index < -0.39 is 43.9 Å². The minimum atomic E-state index is -4.73. The lowest BCUT2D eigenvalue weighted by atomic mass is 10.2. The smallest absolute Gasteiger partial charge is 0.280 e. The molecule has 1 N–H and O–H groups in total. The van der Waals surface area contributed by atoms with Crippen molar-refractivity contribution in [3.05, 3.63) is 53.1 Å². The van der Waals surface area contributed by atoms with Crippen LogP contribution < -0.4 is 4.72 Å². The summed E-state index contributed by atoms with van der Waals surface area (Å²) in [5.74, 6) is 0. The molecule has 142 valence electrons. The molecule has 0 aliphatic heterocycles. The molecule has 0 aromatic heterocycles. The fourth-order valence-electron chi connectivity index (χ4n) is 1.83. The quantitative estimate of drug-likeness (QED) is 0.489. The molecule has 12 heteroatoms. The number of hydrogen-bond donors (Lipinski definition) is 1. The average molecular weight is 436 g/mol. The molecule has 0 aliphatic carbocycles. The van der Waals surface area contributed by atoms with E-state index in [1.54, 1.807) is 0 Å². The Hall–Kier alpha value is -1.59. The number of benzene rings is 2. The summed E-state index contributed by atoms with van der Waals surface area (Å²) >= 11 is 5.21. The highest BCUT2D eigenvalue weighted by Gasteiger charge is 2.32. The molecule has 2 aromatic rings. The van der Waals surface area contributed by atoms with Crippen molar-refractivity contribution in [2.45, 2.75) is 21.5 Å². The highest BCUT2D eigenvalue weighted by molar-refractivity contribution is 8.00. The maximum atomic E-state index is 12.7. The van der Waals surface area contributed by atoms with Crippen LogP contribution in [0.3, 0.4) is 0 Å². The van der Waals surface area contributed by atoms with Gasteiger partial charge in [-0.1, -0.05) is 17.7 Å². The summed E-state index contributed by atoms with van der Waals surface area (Å²) in [6.07, 6.45) is -4.73. The normalized spacial score (nSPS) is 12.9. The Kier molecular flexibility index (Phi) is 5.74. The molecule has 0 unspecified atom stereocenters. The van der Waals surface area contributed by atoms with E-state index in [9.17, 15) is 34.8 Å². The Morgan fingerprint density at radius 2 is 1.62 bits per heavy atom. The highest BCUT2D eigenvalue weighted by atomic mass is 35.5. The zero-order chi connectivity index (χ0) is 19.8. The molecular weight excluding hydrogens is 428 g/mol. The number of nitrogens with one attached hydrogen (secondary N) is 1. The van der Waals surface area contributed by atoms with E-state index in [0.717, 1.165) is 30.3 Å². The molecule has 2 aromatic carbocycles. The van der Waals surface area contributed by atoms with Crippen LogP contribution in [0.4, 0.5) is 32.0 Å². The zero-order valence-electron chi connectivity index (χ0n) is 12.3. The summed E-state index contributed by atoms with van der Waals surface area (Å²) < 4.78 is 101. The first kappa shape index (κ1) is 20.7. The van der Waals surface area contributed by atoms with Gasteiger partial charge in [0.2, 0.25) is 0 Å². The van der Waals surface area contributed by atoms with Gasteiger partial charge in [-0.2, -0.15) is 26.3 Å².